The number of carbonyl (C=O) groups is 1. The van der Waals surface area contributed by atoms with Gasteiger partial charge in [0.2, 0.25) is 5.91 Å². The van der Waals surface area contributed by atoms with Crippen molar-refractivity contribution in [1.82, 2.24) is 8.54 Å². The molecule has 0 aliphatic heterocycles. The Labute approximate surface area is 202 Å². The molecule has 34 heavy (non-hydrogen) atoms. The van der Waals surface area contributed by atoms with E-state index < -0.39 is 33.7 Å². The van der Waals surface area contributed by atoms with E-state index in [-0.39, 0.29) is 41.3 Å². The molecule has 2 N–H and O–H groups in total. The Morgan fingerprint density at radius 3 is 2.29 bits per heavy atom. The molecule has 1 amide bonds. The number of amides is 1. The van der Waals surface area contributed by atoms with Crippen molar-refractivity contribution in [2.45, 2.75) is 11.4 Å². The zero-order valence-electron chi connectivity index (χ0n) is 17.1. The lowest BCUT2D eigenvalue weighted by molar-refractivity contribution is -0.116. The first-order valence-electron chi connectivity index (χ1n) is 9.63. The van der Waals surface area contributed by atoms with Gasteiger partial charge in [0.15, 0.2) is 0 Å². The molecule has 0 spiro atoms. The number of fused-ring (bicyclic) bond motifs is 1. The van der Waals surface area contributed by atoms with Crippen LogP contribution in [-0.2, 0) is 21.4 Å². The molecule has 0 aliphatic rings. The summed E-state index contributed by atoms with van der Waals surface area (Å²) in [5, 5.41) is 12.4. The summed E-state index contributed by atoms with van der Waals surface area (Å²) in [6, 6.07) is 14.6. The molecule has 4 aromatic rings. The van der Waals surface area contributed by atoms with Crippen LogP contribution in [0.3, 0.4) is 0 Å². The molecule has 0 radical (unpaired) electrons. The molecule has 0 atom stereocenters. The molecule has 0 aliphatic carbocycles. The van der Waals surface area contributed by atoms with Crippen LogP contribution in [0.15, 0.2) is 81.2 Å². The maximum Gasteiger partial charge on any atom is 0.346 e. The van der Waals surface area contributed by atoms with E-state index in [1.807, 2.05) is 0 Å². The third-order valence-electron chi connectivity index (χ3n) is 4.85. The third kappa shape index (κ3) is 4.43. The molecular weight excluding hydrogens is 505 g/mol. The number of carbonyl (C=O) groups excluding carboxylic acids is 1. The average molecular weight is 520 g/mol. The minimum atomic E-state index is -4.63. The Balaban J connectivity index is 1.90. The van der Waals surface area contributed by atoms with Gasteiger partial charge in [0, 0.05) is 21.8 Å². The zero-order valence-corrected chi connectivity index (χ0v) is 19.4. The number of phenolic OH excluding ortho intramolecular Hbond substituents is 1. The van der Waals surface area contributed by atoms with E-state index in [1.165, 1.54) is 54.6 Å². The van der Waals surface area contributed by atoms with E-state index in [9.17, 15) is 27.9 Å². The average Bonchev–Trinajstić information content (AvgIpc) is 2.76. The molecular formula is C22H15Cl2N3O6S. The van der Waals surface area contributed by atoms with Gasteiger partial charge in [-0.05, 0) is 54.6 Å². The lowest BCUT2D eigenvalue weighted by Crippen LogP contribution is -2.45. The fourth-order valence-electron chi connectivity index (χ4n) is 3.32. The Bertz CT molecular complexity index is 1660. The van der Waals surface area contributed by atoms with Crippen LogP contribution in [0.5, 0.6) is 5.75 Å². The van der Waals surface area contributed by atoms with Crippen LogP contribution in [0.1, 0.15) is 0 Å². The first-order valence-corrected chi connectivity index (χ1v) is 11.8. The van der Waals surface area contributed by atoms with Crippen LogP contribution in [-0.4, -0.2) is 28.0 Å². The minimum absolute atomic E-state index is 0.0175. The van der Waals surface area contributed by atoms with Gasteiger partial charge >= 0.3 is 5.69 Å². The van der Waals surface area contributed by atoms with Gasteiger partial charge in [-0.1, -0.05) is 29.3 Å². The molecule has 0 bridgehead atoms. The monoisotopic (exact) mass is 519 g/mol. The van der Waals surface area contributed by atoms with E-state index in [2.05, 4.69) is 5.32 Å². The Morgan fingerprint density at radius 2 is 1.62 bits per heavy atom. The highest BCUT2D eigenvalue weighted by Crippen LogP contribution is 2.19. The summed E-state index contributed by atoms with van der Waals surface area (Å²) in [6.07, 6.45) is 0. The summed E-state index contributed by atoms with van der Waals surface area (Å²) in [4.78, 5) is 38.7. The summed E-state index contributed by atoms with van der Waals surface area (Å²) in [5.41, 5.74) is -2.10. The predicted octanol–water partition coefficient (Wildman–Crippen LogP) is 3.05. The highest BCUT2D eigenvalue weighted by molar-refractivity contribution is 7.90. The SMILES string of the molecule is O=C(Cn1c(=O)n(S(=O)(=O)c2ccc(Cl)cc2)c(=O)c2ccc(Cl)cc21)Nc1cccc(O)c1. The zero-order chi connectivity index (χ0) is 24.6. The number of nitrogens with zero attached hydrogens (tertiary/aromatic N) is 2. The number of benzene rings is 3. The Morgan fingerprint density at radius 1 is 0.941 bits per heavy atom. The van der Waals surface area contributed by atoms with Gasteiger partial charge in [0.1, 0.15) is 12.3 Å². The molecule has 174 valence electrons. The van der Waals surface area contributed by atoms with E-state index in [4.69, 9.17) is 23.2 Å². The van der Waals surface area contributed by atoms with E-state index >= 15 is 0 Å². The number of aromatic hydroxyl groups is 1. The van der Waals surface area contributed by atoms with Crippen LogP contribution in [0.2, 0.25) is 10.0 Å². The van der Waals surface area contributed by atoms with Crippen LogP contribution in [0.4, 0.5) is 5.69 Å². The van der Waals surface area contributed by atoms with Gasteiger partial charge in [-0.25, -0.2) is 13.2 Å². The molecule has 12 heteroatoms. The third-order valence-corrected chi connectivity index (χ3v) is 7.01. The number of anilines is 1. The van der Waals surface area contributed by atoms with Crippen LogP contribution >= 0.6 is 23.2 Å². The number of hydrogen-bond donors (Lipinski definition) is 2. The maximum absolute atomic E-state index is 13.3. The first-order chi connectivity index (χ1) is 16.1. The lowest BCUT2D eigenvalue weighted by Gasteiger charge is -2.15. The van der Waals surface area contributed by atoms with Crippen molar-refractivity contribution in [1.29, 1.82) is 0 Å². The summed E-state index contributed by atoms with van der Waals surface area (Å²) in [7, 11) is -4.63. The lowest BCUT2D eigenvalue weighted by atomic mass is 10.2. The smallest absolute Gasteiger partial charge is 0.346 e. The second kappa shape index (κ2) is 8.98. The summed E-state index contributed by atoms with van der Waals surface area (Å²) >= 11 is 11.9. The highest BCUT2D eigenvalue weighted by atomic mass is 35.5. The van der Waals surface area contributed by atoms with Gasteiger partial charge in [-0.3, -0.25) is 14.2 Å². The number of nitrogens with one attached hydrogen (secondary N) is 1. The molecule has 3 aromatic carbocycles. The molecule has 4 rings (SSSR count). The minimum Gasteiger partial charge on any atom is -0.508 e. The first kappa shape index (κ1) is 23.6. The van der Waals surface area contributed by atoms with Crippen molar-refractivity contribution < 1.29 is 18.3 Å². The largest absolute Gasteiger partial charge is 0.508 e. The second-order valence-corrected chi connectivity index (χ2v) is 9.82. The standard InChI is InChI=1S/C22H15Cl2N3O6S/c23-13-4-7-17(8-5-13)34(32,33)27-21(30)18-9-6-14(24)10-19(18)26(22(27)31)12-20(29)25-15-2-1-3-16(28)11-15/h1-11,28H,12H2,(H,25,29). The summed E-state index contributed by atoms with van der Waals surface area (Å²) < 4.78 is 27.4. The van der Waals surface area contributed by atoms with Crippen molar-refractivity contribution in [2.75, 3.05) is 5.32 Å². The van der Waals surface area contributed by atoms with E-state index in [0.29, 0.717) is 0 Å². The van der Waals surface area contributed by atoms with Crippen LogP contribution in [0, 0.1) is 0 Å². The number of hydrogen-bond acceptors (Lipinski definition) is 6. The van der Waals surface area contributed by atoms with Crippen molar-refractivity contribution >= 4 is 55.7 Å². The number of phenols is 1. The predicted molar refractivity (Wildman–Crippen MR) is 128 cm³/mol. The van der Waals surface area contributed by atoms with Gasteiger partial charge in [-0.15, -0.1) is 3.97 Å². The molecule has 1 aromatic heterocycles. The molecule has 1 heterocycles. The maximum atomic E-state index is 13.3. The van der Waals surface area contributed by atoms with Crippen molar-refractivity contribution in [3.05, 3.63) is 97.6 Å². The van der Waals surface area contributed by atoms with Crippen molar-refractivity contribution in [2.24, 2.45) is 0 Å². The fraction of sp³-hybridized carbons (Fsp3) is 0.0455. The normalized spacial score (nSPS) is 11.5. The molecule has 0 unspecified atom stereocenters. The second-order valence-electron chi connectivity index (χ2n) is 7.16. The Kier molecular flexibility index (Phi) is 6.22. The van der Waals surface area contributed by atoms with E-state index in [1.54, 1.807) is 0 Å². The van der Waals surface area contributed by atoms with Gasteiger partial charge in [0.05, 0.1) is 15.8 Å². The fourth-order valence-corrected chi connectivity index (χ4v) is 4.93. The Hall–Kier alpha value is -3.60. The number of rotatable bonds is 5. The topological polar surface area (TPSA) is 127 Å². The van der Waals surface area contributed by atoms with Crippen LogP contribution < -0.4 is 16.6 Å². The highest BCUT2D eigenvalue weighted by Gasteiger charge is 2.26. The number of aromatic nitrogens is 2. The van der Waals surface area contributed by atoms with Crippen LogP contribution in [0.25, 0.3) is 10.9 Å². The van der Waals surface area contributed by atoms with Gasteiger partial charge < -0.3 is 10.4 Å². The quantitative estimate of drug-likeness (QED) is 0.417. The summed E-state index contributed by atoms with van der Waals surface area (Å²) in [5.74, 6) is -0.794. The number of halogens is 2. The van der Waals surface area contributed by atoms with Crippen molar-refractivity contribution in [3.63, 3.8) is 0 Å². The van der Waals surface area contributed by atoms with Crippen molar-refractivity contribution in [3.8, 4) is 5.75 Å². The van der Waals surface area contributed by atoms with Gasteiger partial charge in [-0.2, -0.15) is 0 Å². The van der Waals surface area contributed by atoms with E-state index in [0.717, 1.165) is 16.7 Å². The molecule has 9 nitrogen and oxygen atoms in total. The molecule has 0 saturated carbocycles. The summed E-state index contributed by atoms with van der Waals surface area (Å²) in [6.45, 7) is -0.637. The van der Waals surface area contributed by atoms with Gasteiger partial charge in [0.25, 0.3) is 15.6 Å². The molecule has 0 fully saturated rings. The molecule has 0 saturated heterocycles.